The van der Waals surface area contributed by atoms with Crippen LogP contribution in [0, 0.1) is 0 Å². The topological polar surface area (TPSA) is 26.0 Å². The summed E-state index contributed by atoms with van der Waals surface area (Å²) >= 11 is 5.39. The second-order valence-corrected chi connectivity index (χ2v) is 5.61. The van der Waals surface area contributed by atoms with Gasteiger partial charge in [-0.05, 0) is 39.2 Å². The van der Waals surface area contributed by atoms with Gasteiger partial charge in [0.25, 0.3) is 0 Å². The Bertz CT molecular complexity index is 482. The molecule has 0 atom stereocenters. The summed E-state index contributed by atoms with van der Waals surface area (Å²) in [5.41, 5.74) is 8.08. The van der Waals surface area contributed by atoms with E-state index in [1.165, 1.54) is 16.0 Å². The van der Waals surface area contributed by atoms with Crippen molar-refractivity contribution in [3.05, 3.63) is 64.1 Å². The number of benzene rings is 2. The molecule has 0 bridgehead atoms. The molecule has 2 N–H and O–H groups in total. The van der Waals surface area contributed by atoms with Gasteiger partial charge in [-0.2, -0.15) is 0 Å². The van der Waals surface area contributed by atoms with Crippen molar-refractivity contribution in [2.75, 3.05) is 0 Å². The molecular formula is C14H14BrNS. The summed E-state index contributed by atoms with van der Waals surface area (Å²) in [5, 5.41) is 0. The van der Waals surface area contributed by atoms with Crippen molar-refractivity contribution in [1.82, 2.24) is 0 Å². The van der Waals surface area contributed by atoms with E-state index in [1.807, 2.05) is 17.8 Å². The van der Waals surface area contributed by atoms with Crippen LogP contribution in [0.25, 0.3) is 0 Å². The lowest BCUT2D eigenvalue weighted by Gasteiger charge is -2.05. The number of rotatable bonds is 4. The van der Waals surface area contributed by atoms with E-state index in [2.05, 4.69) is 58.4 Å². The average Bonchev–Trinajstić information content (AvgIpc) is 2.38. The quantitative estimate of drug-likeness (QED) is 0.857. The Morgan fingerprint density at radius 2 is 1.59 bits per heavy atom. The summed E-state index contributed by atoms with van der Waals surface area (Å²) < 4.78 is 1.16. The van der Waals surface area contributed by atoms with E-state index in [9.17, 15) is 0 Å². The zero-order chi connectivity index (χ0) is 12.1. The van der Waals surface area contributed by atoms with E-state index in [0.717, 1.165) is 10.2 Å². The van der Waals surface area contributed by atoms with Gasteiger partial charge in [0.2, 0.25) is 0 Å². The fourth-order valence-corrected chi connectivity index (χ4v) is 3.02. The molecule has 0 heterocycles. The van der Waals surface area contributed by atoms with Gasteiger partial charge in [0.05, 0.1) is 0 Å². The van der Waals surface area contributed by atoms with Crippen molar-refractivity contribution in [2.24, 2.45) is 5.73 Å². The second kappa shape index (κ2) is 6.24. The summed E-state index contributed by atoms with van der Waals surface area (Å²) in [6.07, 6.45) is 0. The van der Waals surface area contributed by atoms with Gasteiger partial charge < -0.3 is 5.73 Å². The summed E-state index contributed by atoms with van der Waals surface area (Å²) in [5.74, 6) is 0.980. The summed E-state index contributed by atoms with van der Waals surface area (Å²) in [6.45, 7) is 0.609. The minimum absolute atomic E-state index is 0.609. The molecule has 0 fully saturated rings. The Morgan fingerprint density at radius 1 is 0.941 bits per heavy atom. The van der Waals surface area contributed by atoms with E-state index in [1.54, 1.807) is 0 Å². The summed E-state index contributed by atoms with van der Waals surface area (Å²) in [6, 6.07) is 16.8. The highest BCUT2D eigenvalue weighted by Gasteiger charge is 2.00. The predicted molar refractivity (Wildman–Crippen MR) is 78.0 cm³/mol. The van der Waals surface area contributed by atoms with Crippen molar-refractivity contribution in [2.45, 2.75) is 17.2 Å². The van der Waals surface area contributed by atoms with Gasteiger partial charge in [-0.3, -0.25) is 0 Å². The first kappa shape index (κ1) is 12.7. The molecule has 0 saturated heterocycles. The molecule has 3 heteroatoms. The monoisotopic (exact) mass is 307 g/mol. The predicted octanol–water partition coefficient (Wildman–Crippen LogP) is 4.20. The number of hydrogen-bond donors (Lipinski definition) is 1. The van der Waals surface area contributed by atoms with Gasteiger partial charge >= 0.3 is 0 Å². The Balaban J connectivity index is 2.00. The molecule has 0 aliphatic heterocycles. The van der Waals surface area contributed by atoms with Crippen LogP contribution in [0.4, 0.5) is 0 Å². The smallest absolute Gasteiger partial charge is 0.0311 e. The van der Waals surface area contributed by atoms with Crippen LogP contribution in [0.5, 0.6) is 0 Å². The third kappa shape index (κ3) is 3.60. The fourth-order valence-electron chi connectivity index (χ4n) is 1.49. The first-order valence-corrected chi connectivity index (χ1v) is 7.22. The van der Waals surface area contributed by atoms with Crippen LogP contribution in [0.2, 0.25) is 0 Å². The van der Waals surface area contributed by atoms with Crippen molar-refractivity contribution in [3.63, 3.8) is 0 Å². The molecule has 0 unspecified atom stereocenters. The molecular weight excluding hydrogens is 294 g/mol. The van der Waals surface area contributed by atoms with Crippen molar-refractivity contribution in [1.29, 1.82) is 0 Å². The normalized spacial score (nSPS) is 10.5. The molecule has 0 radical (unpaired) electrons. The molecule has 0 amide bonds. The van der Waals surface area contributed by atoms with Crippen molar-refractivity contribution in [3.8, 4) is 0 Å². The maximum atomic E-state index is 5.57. The number of hydrogen-bond acceptors (Lipinski definition) is 2. The molecule has 0 aromatic heterocycles. The van der Waals surface area contributed by atoms with Crippen LogP contribution in [-0.2, 0) is 12.3 Å². The van der Waals surface area contributed by atoms with E-state index in [4.69, 9.17) is 5.73 Å². The molecule has 2 rings (SSSR count). The van der Waals surface area contributed by atoms with Crippen molar-refractivity contribution < 1.29 is 0 Å². The van der Waals surface area contributed by atoms with Gasteiger partial charge in [0.15, 0.2) is 0 Å². The molecule has 0 aliphatic carbocycles. The fraction of sp³-hybridized carbons (Fsp3) is 0.143. The van der Waals surface area contributed by atoms with Gasteiger partial charge in [0, 0.05) is 21.7 Å². The zero-order valence-electron chi connectivity index (χ0n) is 9.40. The Kier molecular flexibility index (Phi) is 4.66. The molecule has 17 heavy (non-hydrogen) atoms. The van der Waals surface area contributed by atoms with E-state index >= 15 is 0 Å². The molecule has 0 aliphatic rings. The lowest BCUT2D eigenvalue weighted by molar-refractivity contribution is 1.07. The molecule has 1 nitrogen and oxygen atoms in total. The molecule has 2 aromatic carbocycles. The van der Waals surface area contributed by atoms with Crippen molar-refractivity contribution >= 4 is 27.7 Å². The van der Waals surface area contributed by atoms with Crippen LogP contribution < -0.4 is 5.73 Å². The van der Waals surface area contributed by atoms with Gasteiger partial charge in [-0.25, -0.2) is 0 Å². The molecule has 88 valence electrons. The van der Waals surface area contributed by atoms with Crippen LogP contribution in [0.3, 0.4) is 0 Å². The SMILES string of the molecule is NCc1ccc(CSc2ccccc2Br)cc1. The maximum absolute atomic E-state index is 5.57. The third-order valence-corrected chi connectivity index (χ3v) is 4.59. The van der Waals surface area contributed by atoms with Crippen LogP contribution in [0.1, 0.15) is 11.1 Å². The minimum Gasteiger partial charge on any atom is -0.326 e. The number of halogens is 1. The standard InChI is InChI=1S/C14H14BrNS/c15-13-3-1-2-4-14(13)17-10-12-7-5-11(9-16)6-8-12/h1-8H,9-10,16H2. The Morgan fingerprint density at radius 3 is 2.24 bits per heavy atom. The lowest BCUT2D eigenvalue weighted by Crippen LogP contribution is -1.95. The second-order valence-electron chi connectivity index (χ2n) is 3.74. The molecule has 0 spiro atoms. The van der Waals surface area contributed by atoms with Crippen LogP contribution in [0.15, 0.2) is 57.9 Å². The maximum Gasteiger partial charge on any atom is 0.0311 e. The van der Waals surface area contributed by atoms with Gasteiger partial charge in [-0.15, -0.1) is 11.8 Å². The van der Waals surface area contributed by atoms with Crippen LogP contribution in [-0.4, -0.2) is 0 Å². The number of thioether (sulfide) groups is 1. The Labute approximate surface area is 115 Å². The summed E-state index contributed by atoms with van der Waals surface area (Å²) in [7, 11) is 0. The highest BCUT2D eigenvalue weighted by atomic mass is 79.9. The Hall–Kier alpha value is -0.770. The van der Waals surface area contributed by atoms with E-state index in [-0.39, 0.29) is 0 Å². The first-order valence-electron chi connectivity index (χ1n) is 5.45. The zero-order valence-corrected chi connectivity index (χ0v) is 11.8. The van der Waals surface area contributed by atoms with Gasteiger partial charge in [0.1, 0.15) is 0 Å². The highest BCUT2D eigenvalue weighted by Crippen LogP contribution is 2.29. The molecule has 0 saturated carbocycles. The largest absolute Gasteiger partial charge is 0.326 e. The highest BCUT2D eigenvalue weighted by molar-refractivity contribution is 9.10. The van der Waals surface area contributed by atoms with Gasteiger partial charge in [-0.1, -0.05) is 36.4 Å². The lowest BCUT2D eigenvalue weighted by atomic mass is 10.1. The minimum atomic E-state index is 0.609. The van der Waals surface area contributed by atoms with E-state index in [0.29, 0.717) is 6.54 Å². The van der Waals surface area contributed by atoms with E-state index < -0.39 is 0 Å². The number of nitrogens with two attached hydrogens (primary N) is 1. The molecule has 2 aromatic rings. The first-order chi connectivity index (χ1) is 8.29. The average molecular weight is 308 g/mol. The summed E-state index contributed by atoms with van der Waals surface area (Å²) in [4.78, 5) is 1.27. The third-order valence-electron chi connectivity index (χ3n) is 2.49. The van der Waals surface area contributed by atoms with Crippen LogP contribution >= 0.6 is 27.7 Å².